The van der Waals surface area contributed by atoms with Gasteiger partial charge < -0.3 is 15.2 Å². The number of rotatable bonds is 8. The Morgan fingerprint density at radius 3 is 2.60 bits per heavy atom. The van der Waals surface area contributed by atoms with E-state index < -0.39 is 0 Å². The third-order valence-corrected chi connectivity index (χ3v) is 2.53. The van der Waals surface area contributed by atoms with Crippen LogP contribution in [0.5, 0.6) is 0 Å². The van der Waals surface area contributed by atoms with E-state index in [0.717, 1.165) is 12.8 Å². The maximum atomic E-state index is 11.4. The minimum atomic E-state index is 0.0323. The Labute approximate surface area is 92.0 Å². The highest BCUT2D eigenvalue weighted by molar-refractivity contribution is 5.76. The van der Waals surface area contributed by atoms with Gasteiger partial charge in [0.2, 0.25) is 5.91 Å². The number of amides is 1. The molecule has 0 saturated carbocycles. The highest BCUT2D eigenvalue weighted by Crippen LogP contribution is 2.02. The molecule has 0 radical (unpaired) electrons. The molecule has 0 fully saturated rings. The highest BCUT2D eigenvalue weighted by atomic mass is 16.5. The van der Waals surface area contributed by atoms with Crippen molar-refractivity contribution in [1.29, 1.82) is 0 Å². The van der Waals surface area contributed by atoms with Gasteiger partial charge in [0.15, 0.2) is 0 Å². The fourth-order valence-corrected chi connectivity index (χ4v) is 1.16. The molecule has 15 heavy (non-hydrogen) atoms. The van der Waals surface area contributed by atoms with Crippen LogP contribution in [0, 0.1) is 5.92 Å². The van der Waals surface area contributed by atoms with E-state index in [0.29, 0.717) is 13.0 Å². The summed E-state index contributed by atoms with van der Waals surface area (Å²) in [6.07, 6.45) is 2.29. The zero-order chi connectivity index (χ0) is 11.7. The smallest absolute Gasteiger partial charge is 0.220 e. The quantitative estimate of drug-likeness (QED) is 0.595. The van der Waals surface area contributed by atoms with Crippen molar-refractivity contribution in [1.82, 2.24) is 5.32 Å². The van der Waals surface area contributed by atoms with E-state index in [-0.39, 0.29) is 24.5 Å². The second-order valence-corrected chi connectivity index (χ2v) is 3.97. The Kier molecular flexibility index (Phi) is 8.33. The van der Waals surface area contributed by atoms with Crippen LogP contribution in [0.15, 0.2) is 0 Å². The zero-order valence-electron chi connectivity index (χ0n) is 9.95. The maximum absolute atomic E-state index is 11.4. The molecule has 0 bridgehead atoms. The number of ether oxygens (including phenoxy) is 1. The molecule has 2 N–H and O–H groups in total. The number of hydrogen-bond acceptors (Lipinski definition) is 3. The lowest BCUT2D eigenvalue weighted by Crippen LogP contribution is -2.38. The first-order valence-corrected chi connectivity index (χ1v) is 5.51. The largest absolute Gasteiger partial charge is 0.396 e. The number of unbranched alkanes of at least 4 members (excludes halogenated alkanes) is 1. The van der Waals surface area contributed by atoms with Gasteiger partial charge in [0.25, 0.3) is 0 Å². The number of aliphatic hydroxyl groups is 1. The van der Waals surface area contributed by atoms with Crippen molar-refractivity contribution in [3.8, 4) is 0 Å². The van der Waals surface area contributed by atoms with E-state index in [1.807, 2.05) is 13.8 Å². The summed E-state index contributed by atoms with van der Waals surface area (Å²) in [7, 11) is 1.66. The van der Waals surface area contributed by atoms with Gasteiger partial charge in [0, 0.05) is 32.8 Å². The highest BCUT2D eigenvalue weighted by Gasteiger charge is 2.13. The van der Waals surface area contributed by atoms with Gasteiger partial charge in [-0.1, -0.05) is 6.92 Å². The zero-order valence-corrected chi connectivity index (χ0v) is 9.95. The van der Waals surface area contributed by atoms with Gasteiger partial charge in [0.05, 0.1) is 0 Å². The van der Waals surface area contributed by atoms with Gasteiger partial charge in [-0.15, -0.1) is 0 Å². The molecular weight excluding hydrogens is 194 g/mol. The molecule has 0 spiro atoms. The van der Waals surface area contributed by atoms with Crippen molar-refractivity contribution in [2.75, 3.05) is 20.3 Å². The number of hydrogen-bond donors (Lipinski definition) is 2. The summed E-state index contributed by atoms with van der Waals surface area (Å²) in [5.74, 6) is 0.159. The molecule has 0 saturated heterocycles. The monoisotopic (exact) mass is 217 g/mol. The molecule has 0 aliphatic carbocycles. The third kappa shape index (κ3) is 7.33. The molecule has 0 aromatic heterocycles. The first-order chi connectivity index (χ1) is 7.11. The number of carbonyl (C=O) groups excluding carboxylic acids is 1. The molecule has 1 amide bonds. The molecule has 4 nitrogen and oxygen atoms in total. The average Bonchev–Trinajstić information content (AvgIpc) is 2.23. The van der Waals surface area contributed by atoms with Gasteiger partial charge in [-0.05, 0) is 25.7 Å². The standard InChI is InChI=1S/C11H23NO3/c1-9(8-13)10(2)12-11(14)6-4-5-7-15-3/h9-10,13H,4-8H2,1-3H3,(H,12,14). The van der Waals surface area contributed by atoms with Crippen molar-refractivity contribution >= 4 is 5.91 Å². The molecule has 0 aliphatic rings. The number of methoxy groups -OCH3 is 1. The van der Waals surface area contributed by atoms with Crippen LogP contribution in [0.25, 0.3) is 0 Å². The van der Waals surface area contributed by atoms with Crippen LogP contribution in [0.1, 0.15) is 33.1 Å². The van der Waals surface area contributed by atoms with Gasteiger partial charge in [-0.3, -0.25) is 4.79 Å². The minimum absolute atomic E-state index is 0.0323. The Morgan fingerprint density at radius 1 is 1.40 bits per heavy atom. The van der Waals surface area contributed by atoms with Crippen molar-refractivity contribution in [2.24, 2.45) is 5.92 Å². The summed E-state index contributed by atoms with van der Waals surface area (Å²) < 4.78 is 4.90. The van der Waals surface area contributed by atoms with E-state index in [1.165, 1.54) is 0 Å². The summed E-state index contributed by atoms with van der Waals surface area (Å²) >= 11 is 0. The van der Waals surface area contributed by atoms with Crippen LogP contribution in [-0.2, 0) is 9.53 Å². The summed E-state index contributed by atoms with van der Waals surface area (Å²) in [4.78, 5) is 11.4. The van der Waals surface area contributed by atoms with Gasteiger partial charge in [0.1, 0.15) is 0 Å². The van der Waals surface area contributed by atoms with Crippen molar-refractivity contribution in [3.05, 3.63) is 0 Å². The average molecular weight is 217 g/mol. The Morgan fingerprint density at radius 2 is 2.07 bits per heavy atom. The molecule has 0 aromatic rings. The van der Waals surface area contributed by atoms with Crippen molar-refractivity contribution < 1.29 is 14.6 Å². The predicted octanol–water partition coefficient (Wildman–Crippen LogP) is 0.936. The lowest BCUT2D eigenvalue weighted by atomic mass is 10.0. The first-order valence-electron chi connectivity index (χ1n) is 5.51. The van der Waals surface area contributed by atoms with Gasteiger partial charge in [-0.2, -0.15) is 0 Å². The molecule has 4 heteroatoms. The van der Waals surface area contributed by atoms with Crippen LogP contribution < -0.4 is 5.32 Å². The Bertz CT molecular complexity index is 173. The van der Waals surface area contributed by atoms with Crippen LogP contribution in [0.4, 0.5) is 0 Å². The predicted molar refractivity (Wildman–Crippen MR) is 59.6 cm³/mol. The normalized spacial score (nSPS) is 14.7. The maximum Gasteiger partial charge on any atom is 0.220 e. The molecule has 90 valence electrons. The first kappa shape index (κ1) is 14.4. The van der Waals surface area contributed by atoms with Crippen LogP contribution in [0.3, 0.4) is 0 Å². The van der Waals surface area contributed by atoms with Gasteiger partial charge >= 0.3 is 0 Å². The summed E-state index contributed by atoms with van der Waals surface area (Å²) in [6.45, 7) is 4.63. The molecule has 0 heterocycles. The van der Waals surface area contributed by atoms with E-state index in [2.05, 4.69) is 5.32 Å². The second-order valence-electron chi connectivity index (χ2n) is 3.97. The van der Waals surface area contributed by atoms with E-state index in [1.54, 1.807) is 7.11 Å². The van der Waals surface area contributed by atoms with Crippen LogP contribution >= 0.6 is 0 Å². The topological polar surface area (TPSA) is 58.6 Å². The fourth-order valence-electron chi connectivity index (χ4n) is 1.16. The molecule has 0 rings (SSSR count). The van der Waals surface area contributed by atoms with E-state index in [9.17, 15) is 4.79 Å². The van der Waals surface area contributed by atoms with Crippen molar-refractivity contribution in [3.63, 3.8) is 0 Å². The molecule has 2 unspecified atom stereocenters. The van der Waals surface area contributed by atoms with E-state index in [4.69, 9.17) is 9.84 Å². The summed E-state index contributed by atoms with van der Waals surface area (Å²) in [6, 6.07) is 0.0323. The number of carbonyl (C=O) groups is 1. The van der Waals surface area contributed by atoms with Crippen molar-refractivity contribution in [2.45, 2.75) is 39.2 Å². The molecule has 2 atom stereocenters. The van der Waals surface area contributed by atoms with E-state index >= 15 is 0 Å². The lowest BCUT2D eigenvalue weighted by molar-refractivity contribution is -0.122. The SMILES string of the molecule is COCCCCC(=O)NC(C)C(C)CO. The number of aliphatic hydroxyl groups excluding tert-OH is 1. The summed E-state index contributed by atoms with van der Waals surface area (Å²) in [5.41, 5.74) is 0. The fraction of sp³-hybridized carbons (Fsp3) is 0.909. The van der Waals surface area contributed by atoms with Crippen LogP contribution in [-0.4, -0.2) is 37.4 Å². The molecule has 0 aromatic carbocycles. The molecule has 0 aliphatic heterocycles. The molecular formula is C11H23NO3. The minimum Gasteiger partial charge on any atom is -0.396 e. The second kappa shape index (κ2) is 8.68. The number of nitrogens with one attached hydrogen (secondary N) is 1. The summed E-state index contributed by atoms with van der Waals surface area (Å²) in [5, 5.41) is 11.8. The Hall–Kier alpha value is -0.610. The van der Waals surface area contributed by atoms with Crippen LogP contribution in [0.2, 0.25) is 0 Å². The third-order valence-electron chi connectivity index (χ3n) is 2.53. The van der Waals surface area contributed by atoms with Gasteiger partial charge in [-0.25, -0.2) is 0 Å². The lowest BCUT2D eigenvalue weighted by Gasteiger charge is -2.19. The Balaban J connectivity index is 3.55.